The summed E-state index contributed by atoms with van der Waals surface area (Å²) in [6.45, 7) is 0.583. The second kappa shape index (κ2) is 8.71. The zero-order chi connectivity index (χ0) is 14.9. The Labute approximate surface area is 128 Å². The molecule has 1 saturated carbocycles. The van der Waals surface area contributed by atoms with Crippen LogP contribution >= 0.6 is 0 Å². The predicted molar refractivity (Wildman–Crippen MR) is 85.3 cm³/mol. The third-order valence-corrected chi connectivity index (χ3v) is 4.36. The second-order valence-electron chi connectivity index (χ2n) is 6.02. The highest BCUT2D eigenvalue weighted by atomic mass is 16.5. The molecule has 1 fully saturated rings. The fourth-order valence-corrected chi connectivity index (χ4v) is 3.10. The summed E-state index contributed by atoms with van der Waals surface area (Å²) in [4.78, 5) is 11.9. The van der Waals surface area contributed by atoms with Gasteiger partial charge in [-0.25, -0.2) is 0 Å². The molecule has 1 aliphatic rings. The number of carbonyl (C=O) groups excluding carboxylic acids is 1. The van der Waals surface area contributed by atoms with Crippen LogP contribution in [0.1, 0.15) is 56.9 Å². The Kier molecular flexibility index (Phi) is 6.58. The van der Waals surface area contributed by atoms with Gasteiger partial charge in [0.2, 0.25) is 5.91 Å². The molecule has 3 nitrogen and oxygen atoms in total. The molecular weight excluding hydrogens is 262 g/mol. The van der Waals surface area contributed by atoms with Crippen LogP contribution in [0.4, 0.5) is 0 Å². The van der Waals surface area contributed by atoms with Crippen molar-refractivity contribution in [3.05, 3.63) is 29.8 Å². The number of hydrogen-bond acceptors (Lipinski definition) is 2. The minimum absolute atomic E-state index is 0.161. The maximum Gasteiger partial charge on any atom is 0.220 e. The Morgan fingerprint density at radius 1 is 1.29 bits per heavy atom. The molecule has 0 aliphatic heterocycles. The van der Waals surface area contributed by atoms with Gasteiger partial charge in [-0.15, -0.1) is 0 Å². The Bertz CT molecular complexity index is 439. The number of rotatable bonds is 7. The number of carbonyl (C=O) groups is 1. The summed E-state index contributed by atoms with van der Waals surface area (Å²) in [5.41, 5.74) is 1.08. The van der Waals surface area contributed by atoms with Gasteiger partial charge in [-0.3, -0.25) is 4.79 Å². The molecule has 0 heterocycles. The largest absolute Gasteiger partial charge is 0.497 e. The van der Waals surface area contributed by atoms with Gasteiger partial charge in [0.15, 0.2) is 0 Å². The fourth-order valence-electron chi connectivity index (χ4n) is 3.10. The zero-order valence-corrected chi connectivity index (χ0v) is 13.1. The Morgan fingerprint density at radius 2 is 2.10 bits per heavy atom. The first-order valence-corrected chi connectivity index (χ1v) is 8.17. The van der Waals surface area contributed by atoms with E-state index < -0.39 is 0 Å². The minimum Gasteiger partial charge on any atom is -0.497 e. The molecule has 0 saturated heterocycles. The highest BCUT2D eigenvalue weighted by Gasteiger charge is 2.13. The highest BCUT2D eigenvalue weighted by molar-refractivity contribution is 5.75. The average Bonchev–Trinajstić information content (AvgIpc) is 2.54. The van der Waals surface area contributed by atoms with Crippen molar-refractivity contribution in [3.8, 4) is 5.75 Å². The van der Waals surface area contributed by atoms with Crippen molar-refractivity contribution in [1.82, 2.24) is 5.32 Å². The zero-order valence-electron chi connectivity index (χ0n) is 13.1. The van der Waals surface area contributed by atoms with Crippen molar-refractivity contribution < 1.29 is 9.53 Å². The van der Waals surface area contributed by atoms with Crippen LogP contribution in [0.25, 0.3) is 0 Å². The molecule has 2 rings (SSSR count). The van der Waals surface area contributed by atoms with Gasteiger partial charge in [-0.1, -0.05) is 44.2 Å². The van der Waals surface area contributed by atoms with E-state index in [0.29, 0.717) is 13.0 Å². The average molecular weight is 289 g/mol. The molecule has 21 heavy (non-hydrogen) atoms. The number of ether oxygens (including phenoxy) is 1. The van der Waals surface area contributed by atoms with Crippen LogP contribution in [0.15, 0.2) is 24.3 Å². The van der Waals surface area contributed by atoms with Crippen molar-refractivity contribution in [2.45, 2.75) is 57.9 Å². The standard InChI is InChI=1S/C18H27NO2/c1-21-17-11-5-10-16(13-17)14-19-18(20)12-6-9-15-7-3-2-4-8-15/h5,10-11,13,15H,2-4,6-9,12,14H2,1H3,(H,19,20). The lowest BCUT2D eigenvalue weighted by atomic mass is 9.86. The summed E-state index contributed by atoms with van der Waals surface area (Å²) in [7, 11) is 1.66. The summed E-state index contributed by atoms with van der Waals surface area (Å²) in [5.74, 6) is 1.86. The molecule has 0 spiro atoms. The van der Waals surface area contributed by atoms with E-state index in [0.717, 1.165) is 23.7 Å². The molecule has 0 unspecified atom stereocenters. The van der Waals surface area contributed by atoms with Gasteiger partial charge in [-0.2, -0.15) is 0 Å². The third-order valence-electron chi connectivity index (χ3n) is 4.36. The van der Waals surface area contributed by atoms with E-state index in [2.05, 4.69) is 5.32 Å². The summed E-state index contributed by atoms with van der Waals surface area (Å²) in [6.07, 6.45) is 9.79. The van der Waals surface area contributed by atoms with Gasteiger partial charge in [-0.05, 0) is 36.5 Å². The molecule has 0 bridgehead atoms. The summed E-state index contributed by atoms with van der Waals surface area (Å²) < 4.78 is 5.18. The van der Waals surface area contributed by atoms with Crippen LogP contribution in [0.2, 0.25) is 0 Å². The quantitative estimate of drug-likeness (QED) is 0.822. The smallest absolute Gasteiger partial charge is 0.220 e. The van der Waals surface area contributed by atoms with Crippen molar-refractivity contribution in [2.75, 3.05) is 7.11 Å². The topological polar surface area (TPSA) is 38.3 Å². The van der Waals surface area contributed by atoms with E-state index in [1.807, 2.05) is 24.3 Å². The van der Waals surface area contributed by atoms with E-state index in [-0.39, 0.29) is 5.91 Å². The van der Waals surface area contributed by atoms with Gasteiger partial charge in [0.1, 0.15) is 5.75 Å². The predicted octanol–water partition coefficient (Wildman–Crippen LogP) is 4.06. The van der Waals surface area contributed by atoms with Crippen LogP contribution in [0, 0.1) is 5.92 Å². The van der Waals surface area contributed by atoms with E-state index in [4.69, 9.17) is 4.74 Å². The van der Waals surface area contributed by atoms with Crippen LogP contribution in [0.3, 0.4) is 0 Å². The molecule has 0 aromatic heterocycles. The van der Waals surface area contributed by atoms with E-state index in [1.54, 1.807) is 7.11 Å². The monoisotopic (exact) mass is 289 g/mol. The van der Waals surface area contributed by atoms with Crippen molar-refractivity contribution >= 4 is 5.91 Å². The number of amides is 1. The molecule has 116 valence electrons. The minimum atomic E-state index is 0.161. The van der Waals surface area contributed by atoms with Crippen LogP contribution in [-0.4, -0.2) is 13.0 Å². The van der Waals surface area contributed by atoms with Crippen LogP contribution < -0.4 is 10.1 Å². The summed E-state index contributed by atoms with van der Waals surface area (Å²) in [5, 5.41) is 2.99. The molecule has 3 heteroatoms. The lowest BCUT2D eigenvalue weighted by molar-refractivity contribution is -0.121. The summed E-state index contributed by atoms with van der Waals surface area (Å²) in [6, 6.07) is 7.83. The Hall–Kier alpha value is -1.51. The first kappa shape index (κ1) is 15.9. The number of nitrogens with one attached hydrogen (secondary N) is 1. The van der Waals surface area contributed by atoms with E-state index in [1.165, 1.54) is 38.5 Å². The normalized spacial score (nSPS) is 15.7. The molecule has 1 aromatic carbocycles. The maximum atomic E-state index is 11.9. The molecule has 1 N–H and O–H groups in total. The van der Waals surface area contributed by atoms with Gasteiger partial charge >= 0.3 is 0 Å². The SMILES string of the molecule is COc1cccc(CNC(=O)CCCC2CCCCC2)c1. The van der Waals surface area contributed by atoms with Gasteiger partial charge in [0.05, 0.1) is 7.11 Å². The van der Waals surface area contributed by atoms with E-state index in [9.17, 15) is 4.79 Å². The highest BCUT2D eigenvalue weighted by Crippen LogP contribution is 2.27. The maximum absolute atomic E-state index is 11.9. The first-order chi connectivity index (χ1) is 10.3. The first-order valence-electron chi connectivity index (χ1n) is 8.17. The second-order valence-corrected chi connectivity index (χ2v) is 6.02. The lowest BCUT2D eigenvalue weighted by Crippen LogP contribution is -2.22. The van der Waals surface area contributed by atoms with E-state index >= 15 is 0 Å². The van der Waals surface area contributed by atoms with Crippen LogP contribution in [-0.2, 0) is 11.3 Å². The third kappa shape index (κ3) is 5.78. The van der Waals surface area contributed by atoms with Gasteiger partial charge in [0, 0.05) is 13.0 Å². The van der Waals surface area contributed by atoms with Crippen molar-refractivity contribution in [1.29, 1.82) is 0 Å². The molecule has 0 atom stereocenters. The Balaban J connectivity index is 1.62. The van der Waals surface area contributed by atoms with Crippen molar-refractivity contribution in [3.63, 3.8) is 0 Å². The van der Waals surface area contributed by atoms with Crippen LogP contribution in [0.5, 0.6) is 5.75 Å². The molecule has 1 aliphatic carbocycles. The molecule has 0 radical (unpaired) electrons. The molecule has 1 amide bonds. The number of hydrogen-bond donors (Lipinski definition) is 1. The molecule has 1 aromatic rings. The lowest BCUT2D eigenvalue weighted by Gasteiger charge is -2.21. The Morgan fingerprint density at radius 3 is 2.86 bits per heavy atom. The molecular formula is C18H27NO2. The van der Waals surface area contributed by atoms with Gasteiger partial charge in [0.25, 0.3) is 0 Å². The van der Waals surface area contributed by atoms with Gasteiger partial charge < -0.3 is 10.1 Å². The number of benzene rings is 1. The number of methoxy groups -OCH3 is 1. The summed E-state index contributed by atoms with van der Waals surface area (Å²) >= 11 is 0. The fraction of sp³-hybridized carbons (Fsp3) is 0.611. The van der Waals surface area contributed by atoms with Crippen molar-refractivity contribution in [2.24, 2.45) is 5.92 Å².